The van der Waals surface area contributed by atoms with Crippen molar-refractivity contribution in [2.75, 3.05) is 20.8 Å². The number of nitrogens with zero attached hydrogens (tertiary/aromatic N) is 1. The molecule has 3 aromatic carbocycles. The van der Waals surface area contributed by atoms with E-state index in [4.69, 9.17) is 14.2 Å². The fourth-order valence-electron chi connectivity index (χ4n) is 3.66. The molecule has 1 atom stereocenters. The summed E-state index contributed by atoms with van der Waals surface area (Å²) >= 11 is 0. The van der Waals surface area contributed by atoms with Crippen LogP contribution in [0.1, 0.15) is 27.5 Å². The lowest BCUT2D eigenvalue weighted by Crippen LogP contribution is -2.33. The first-order valence-electron chi connectivity index (χ1n) is 9.70. The molecule has 7 heteroatoms. The number of benzene rings is 3. The predicted octanol–water partition coefficient (Wildman–Crippen LogP) is 4.76. The highest BCUT2D eigenvalue weighted by molar-refractivity contribution is 5.98. The molecule has 0 spiro atoms. The molecule has 1 aliphatic heterocycles. The summed E-state index contributed by atoms with van der Waals surface area (Å²) in [5.74, 6) is 0.364. The van der Waals surface area contributed by atoms with Gasteiger partial charge in [-0.25, -0.2) is 8.78 Å². The van der Waals surface area contributed by atoms with Crippen molar-refractivity contribution < 1.29 is 27.8 Å². The third kappa shape index (κ3) is 4.17. The molecule has 4 rings (SSSR count). The molecule has 0 fully saturated rings. The monoisotopic (exact) mass is 425 g/mol. The molecule has 3 aromatic rings. The van der Waals surface area contributed by atoms with Crippen molar-refractivity contribution in [1.82, 2.24) is 4.90 Å². The van der Waals surface area contributed by atoms with E-state index in [1.54, 1.807) is 43.5 Å². The van der Waals surface area contributed by atoms with Crippen molar-refractivity contribution >= 4 is 5.91 Å². The third-order valence-electron chi connectivity index (χ3n) is 5.31. The Morgan fingerprint density at radius 3 is 2.26 bits per heavy atom. The summed E-state index contributed by atoms with van der Waals surface area (Å²) in [6, 6.07) is 14.7. The van der Waals surface area contributed by atoms with Gasteiger partial charge in [0.2, 0.25) is 0 Å². The molecule has 0 aromatic heterocycles. The van der Waals surface area contributed by atoms with E-state index in [1.165, 1.54) is 36.3 Å². The Bertz CT molecular complexity index is 1100. The standard InChI is InChI=1S/C24H21F2NO4/c1-29-17-4-6-18(7-5-17)31-14-23(21-10-8-19(30-2)12-22(21)26)27-13-15-11-16(25)3-9-20(15)24(27)28/h3-12,23H,13-14H2,1-2H3. The molecular formula is C24H21F2NO4. The first-order chi connectivity index (χ1) is 15.0. The molecule has 160 valence electrons. The smallest absolute Gasteiger partial charge is 0.255 e. The highest BCUT2D eigenvalue weighted by Gasteiger charge is 2.35. The Labute approximate surface area is 178 Å². The fraction of sp³-hybridized carbons (Fsp3) is 0.208. The van der Waals surface area contributed by atoms with Crippen molar-refractivity contribution in [2.45, 2.75) is 12.6 Å². The van der Waals surface area contributed by atoms with Crippen LogP contribution in [0, 0.1) is 11.6 Å². The van der Waals surface area contributed by atoms with Crippen LogP contribution in [0.4, 0.5) is 8.78 Å². The summed E-state index contributed by atoms with van der Waals surface area (Å²) in [5.41, 5.74) is 1.26. The molecule has 0 aliphatic carbocycles. The maximum absolute atomic E-state index is 14.9. The van der Waals surface area contributed by atoms with Gasteiger partial charge in [0, 0.05) is 23.7 Å². The highest BCUT2D eigenvalue weighted by Crippen LogP contribution is 2.34. The van der Waals surface area contributed by atoms with Crippen LogP contribution in [0.3, 0.4) is 0 Å². The Kier molecular flexibility index (Phi) is 5.75. The van der Waals surface area contributed by atoms with Gasteiger partial charge in [-0.3, -0.25) is 4.79 Å². The molecular weight excluding hydrogens is 404 g/mol. The van der Waals surface area contributed by atoms with Crippen molar-refractivity contribution in [3.8, 4) is 17.2 Å². The van der Waals surface area contributed by atoms with Crippen molar-refractivity contribution in [3.63, 3.8) is 0 Å². The van der Waals surface area contributed by atoms with Gasteiger partial charge in [0.15, 0.2) is 0 Å². The van der Waals surface area contributed by atoms with E-state index in [9.17, 15) is 13.6 Å². The minimum absolute atomic E-state index is 0.0117. The maximum Gasteiger partial charge on any atom is 0.255 e. The second-order valence-corrected chi connectivity index (χ2v) is 7.12. The van der Waals surface area contributed by atoms with Crippen LogP contribution >= 0.6 is 0 Å². The van der Waals surface area contributed by atoms with Gasteiger partial charge in [0.05, 0.1) is 20.3 Å². The number of amides is 1. The largest absolute Gasteiger partial charge is 0.497 e. The van der Waals surface area contributed by atoms with Crippen molar-refractivity contribution in [3.05, 3.63) is 89.0 Å². The zero-order chi connectivity index (χ0) is 22.0. The predicted molar refractivity (Wildman–Crippen MR) is 110 cm³/mol. The van der Waals surface area contributed by atoms with Gasteiger partial charge in [0.1, 0.15) is 35.5 Å². The van der Waals surface area contributed by atoms with Crippen LogP contribution in [0.15, 0.2) is 60.7 Å². The van der Waals surface area contributed by atoms with Crippen LogP contribution < -0.4 is 14.2 Å². The molecule has 0 saturated heterocycles. The number of ether oxygens (including phenoxy) is 3. The molecule has 0 radical (unpaired) electrons. The first-order valence-corrected chi connectivity index (χ1v) is 9.70. The molecule has 1 unspecified atom stereocenters. The summed E-state index contributed by atoms with van der Waals surface area (Å²) in [7, 11) is 3.02. The van der Waals surface area contributed by atoms with Gasteiger partial charge in [-0.1, -0.05) is 6.07 Å². The van der Waals surface area contributed by atoms with Crippen LogP contribution in [0.25, 0.3) is 0 Å². The van der Waals surface area contributed by atoms with Crippen LogP contribution in [-0.2, 0) is 6.54 Å². The summed E-state index contributed by atoms with van der Waals surface area (Å²) in [6.07, 6.45) is 0. The average Bonchev–Trinajstić information content (AvgIpc) is 3.10. The lowest BCUT2D eigenvalue weighted by molar-refractivity contribution is 0.0630. The molecule has 0 bridgehead atoms. The maximum atomic E-state index is 14.9. The second-order valence-electron chi connectivity index (χ2n) is 7.12. The van der Waals surface area contributed by atoms with Crippen LogP contribution in [0.5, 0.6) is 17.2 Å². The average molecular weight is 425 g/mol. The number of carbonyl (C=O) groups excluding carboxylic acids is 1. The second kappa shape index (κ2) is 8.63. The molecule has 5 nitrogen and oxygen atoms in total. The zero-order valence-electron chi connectivity index (χ0n) is 17.1. The van der Waals surface area contributed by atoms with E-state index in [0.29, 0.717) is 28.4 Å². The first kappa shape index (κ1) is 20.7. The number of hydrogen-bond acceptors (Lipinski definition) is 4. The summed E-state index contributed by atoms with van der Waals surface area (Å²) in [4.78, 5) is 14.5. The molecule has 1 aliphatic rings. The van der Waals surface area contributed by atoms with E-state index in [-0.39, 0.29) is 24.6 Å². The normalized spacial score (nSPS) is 13.7. The number of rotatable bonds is 7. The van der Waals surface area contributed by atoms with Crippen LogP contribution in [-0.4, -0.2) is 31.6 Å². The Balaban J connectivity index is 1.65. The molecule has 0 saturated carbocycles. The highest BCUT2D eigenvalue weighted by atomic mass is 19.1. The fourth-order valence-corrected chi connectivity index (χ4v) is 3.66. The SMILES string of the molecule is COc1ccc(OCC(c2ccc(OC)cc2F)N2Cc3cc(F)ccc3C2=O)cc1. The number of carbonyl (C=O) groups is 1. The van der Waals surface area contributed by atoms with Gasteiger partial charge in [-0.2, -0.15) is 0 Å². The van der Waals surface area contributed by atoms with Gasteiger partial charge in [-0.15, -0.1) is 0 Å². The van der Waals surface area contributed by atoms with Gasteiger partial charge in [-0.05, 0) is 54.1 Å². The van der Waals surface area contributed by atoms with E-state index >= 15 is 0 Å². The van der Waals surface area contributed by atoms with Crippen molar-refractivity contribution in [2.24, 2.45) is 0 Å². The summed E-state index contributed by atoms with van der Waals surface area (Å²) in [6.45, 7) is 0.172. The minimum atomic E-state index is -0.726. The number of halogens is 2. The molecule has 31 heavy (non-hydrogen) atoms. The number of fused-ring (bicyclic) bond motifs is 1. The number of hydrogen-bond donors (Lipinski definition) is 0. The lowest BCUT2D eigenvalue weighted by atomic mass is 10.0. The quantitative estimate of drug-likeness (QED) is 0.548. The Morgan fingerprint density at radius 1 is 0.903 bits per heavy atom. The van der Waals surface area contributed by atoms with E-state index in [0.717, 1.165) is 0 Å². The van der Waals surface area contributed by atoms with Crippen LogP contribution in [0.2, 0.25) is 0 Å². The number of methoxy groups -OCH3 is 2. The van der Waals surface area contributed by atoms with Gasteiger partial charge < -0.3 is 19.1 Å². The Morgan fingerprint density at radius 2 is 1.58 bits per heavy atom. The topological polar surface area (TPSA) is 48.0 Å². The molecule has 1 heterocycles. The van der Waals surface area contributed by atoms with E-state index in [1.807, 2.05) is 0 Å². The molecule has 0 N–H and O–H groups in total. The van der Waals surface area contributed by atoms with Gasteiger partial charge in [0.25, 0.3) is 5.91 Å². The summed E-state index contributed by atoms with van der Waals surface area (Å²) in [5, 5.41) is 0. The van der Waals surface area contributed by atoms with Gasteiger partial charge >= 0.3 is 0 Å². The summed E-state index contributed by atoms with van der Waals surface area (Å²) < 4.78 is 44.7. The van der Waals surface area contributed by atoms with Crippen molar-refractivity contribution in [1.29, 1.82) is 0 Å². The zero-order valence-corrected chi connectivity index (χ0v) is 17.1. The van der Waals surface area contributed by atoms with E-state index < -0.39 is 17.7 Å². The van der Waals surface area contributed by atoms with E-state index in [2.05, 4.69) is 0 Å². The lowest BCUT2D eigenvalue weighted by Gasteiger charge is -2.28. The minimum Gasteiger partial charge on any atom is -0.497 e. The Hall–Kier alpha value is -3.61. The molecule has 1 amide bonds. The third-order valence-corrected chi connectivity index (χ3v) is 5.31.